The fourth-order valence-corrected chi connectivity index (χ4v) is 4.58. The summed E-state index contributed by atoms with van der Waals surface area (Å²) in [6.45, 7) is 4.01. The Morgan fingerprint density at radius 2 is 1.67 bits per heavy atom. The Labute approximate surface area is 167 Å². The largest absolute Gasteiger partial charge is 0.456 e. The zero-order valence-electron chi connectivity index (χ0n) is 14.9. The molecule has 1 atom stereocenters. The quantitative estimate of drug-likeness (QED) is 0.669. The van der Waals surface area contributed by atoms with Crippen molar-refractivity contribution in [1.82, 2.24) is 0 Å². The van der Waals surface area contributed by atoms with Gasteiger partial charge >= 0.3 is 5.97 Å². The van der Waals surface area contributed by atoms with Crippen molar-refractivity contribution in [1.29, 1.82) is 0 Å². The highest BCUT2D eigenvalue weighted by atomic mass is 35.5. The van der Waals surface area contributed by atoms with Crippen molar-refractivity contribution < 1.29 is 14.3 Å². The summed E-state index contributed by atoms with van der Waals surface area (Å²) < 4.78 is 5.30. The van der Waals surface area contributed by atoms with E-state index in [4.69, 9.17) is 27.9 Å². The van der Waals surface area contributed by atoms with Gasteiger partial charge in [-0.25, -0.2) is 4.79 Å². The fraction of sp³-hybridized carbons (Fsp3) is 0.238. The number of carbonyl (C=O) groups is 2. The van der Waals surface area contributed by atoms with Crippen molar-refractivity contribution in [3.63, 3.8) is 0 Å². The standard InChI is InChI=1S/C21H17Cl2NO3/c1-11-6-12(2)8-13(7-11)24-17-10-27-21(26)20(17)14(9-18(24)25)19-15(22)4-3-5-16(19)23/h3-8,14H,9-10H2,1-2H3. The van der Waals surface area contributed by atoms with Crippen molar-refractivity contribution >= 4 is 40.8 Å². The molecule has 138 valence electrons. The monoisotopic (exact) mass is 401 g/mol. The average molecular weight is 402 g/mol. The molecule has 4 rings (SSSR count). The molecule has 0 saturated carbocycles. The van der Waals surface area contributed by atoms with Crippen LogP contribution in [0.2, 0.25) is 10.0 Å². The molecule has 2 aromatic carbocycles. The summed E-state index contributed by atoms with van der Waals surface area (Å²) in [5.41, 5.74) is 4.46. The van der Waals surface area contributed by atoms with Crippen LogP contribution in [-0.2, 0) is 14.3 Å². The third kappa shape index (κ3) is 3.03. The first kappa shape index (κ1) is 18.1. The van der Waals surface area contributed by atoms with Gasteiger partial charge in [-0.3, -0.25) is 9.69 Å². The second-order valence-corrected chi connectivity index (χ2v) is 7.72. The number of aryl methyl sites for hydroxylation is 2. The summed E-state index contributed by atoms with van der Waals surface area (Å²) in [6.07, 6.45) is 0.102. The number of halogens is 2. The Morgan fingerprint density at radius 1 is 1.04 bits per heavy atom. The van der Waals surface area contributed by atoms with E-state index in [2.05, 4.69) is 0 Å². The molecule has 0 aliphatic carbocycles. The van der Waals surface area contributed by atoms with Crippen LogP contribution in [0.1, 0.15) is 29.0 Å². The van der Waals surface area contributed by atoms with Gasteiger partial charge in [0.2, 0.25) is 5.91 Å². The zero-order valence-corrected chi connectivity index (χ0v) is 16.4. The predicted molar refractivity (Wildman–Crippen MR) is 105 cm³/mol. The van der Waals surface area contributed by atoms with Gasteiger partial charge in [0.15, 0.2) is 0 Å². The lowest BCUT2D eigenvalue weighted by Gasteiger charge is -2.32. The first-order valence-corrected chi connectivity index (χ1v) is 9.37. The summed E-state index contributed by atoms with van der Waals surface area (Å²) in [4.78, 5) is 27.2. The molecule has 0 bridgehead atoms. The van der Waals surface area contributed by atoms with E-state index in [-0.39, 0.29) is 18.9 Å². The predicted octanol–water partition coefficient (Wildman–Crippen LogP) is 4.94. The summed E-state index contributed by atoms with van der Waals surface area (Å²) in [6, 6.07) is 11.1. The van der Waals surface area contributed by atoms with Crippen LogP contribution >= 0.6 is 23.2 Å². The smallest absolute Gasteiger partial charge is 0.336 e. The van der Waals surface area contributed by atoms with Crippen molar-refractivity contribution in [3.8, 4) is 0 Å². The van der Waals surface area contributed by atoms with Gasteiger partial charge in [-0.2, -0.15) is 0 Å². The zero-order chi connectivity index (χ0) is 19.3. The number of amides is 1. The molecular weight excluding hydrogens is 385 g/mol. The number of rotatable bonds is 2. The van der Waals surface area contributed by atoms with E-state index in [9.17, 15) is 9.59 Å². The molecule has 2 aromatic rings. The van der Waals surface area contributed by atoms with Gasteiger partial charge in [0.05, 0.1) is 11.3 Å². The van der Waals surface area contributed by atoms with E-state index in [1.165, 1.54) is 0 Å². The number of carbonyl (C=O) groups excluding carboxylic acids is 2. The lowest BCUT2D eigenvalue weighted by molar-refractivity contribution is -0.136. The SMILES string of the molecule is Cc1cc(C)cc(N2C(=O)CC(c3c(Cl)cccc3Cl)C3=C2COC3=O)c1. The van der Waals surface area contributed by atoms with E-state index in [1.807, 2.05) is 32.0 Å². The van der Waals surface area contributed by atoms with Crippen LogP contribution in [0.15, 0.2) is 47.7 Å². The van der Waals surface area contributed by atoms with E-state index >= 15 is 0 Å². The minimum atomic E-state index is -0.508. The Kier molecular flexibility index (Phi) is 4.49. The third-order valence-electron chi connectivity index (χ3n) is 4.93. The Hall–Kier alpha value is -2.30. The first-order chi connectivity index (χ1) is 12.9. The van der Waals surface area contributed by atoms with Crippen LogP contribution in [0.3, 0.4) is 0 Å². The molecule has 0 N–H and O–H groups in total. The molecule has 0 radical (unpaired) electrons. The molecule has 27 heavy (non-hydrogen) atoms. The summed E-state index contributed by atoms with van der Waals surface area (Å²) >= 11 is 12.7. The number of nitrogens with zero attached hydrogens (tertiary/aromatic N) is 1. The first-order valence-electron chi connectivity index (χ1n) is 8.62. The summed E-state index contributed by atoms with van der Waals surface area (Å²) in [7, 11) is 0. The minimum absolute atomic E-state index is 0.0610. The average Bonchev–Trinajstić information content (AvgIpc) is 2.95. The number of anilines is 1. The van der Waals surface area contributed by atoms with Gasteiger partial charge in [0.25, 0.3) is 0 Å². The number of ether oxygens (including phenoxy) is 1. The number of hydrogen-bond acceptors (Lipinski definition) is 3. The molecule has 0 spiro atoms. The van der Waals surface area contributed by atoms with Crippen LogP contribution in [0, 0.1) is 13.8 Å². The highest BCUT2D eigenvalue weighted by molar-refractivity contribution is 6.36. The Bertz CT molecular complexity index is 972. The summed E-state index contributed by atoms with van der Waals surface area (Å²) in [5, 5.41) is 0.874. The van der Waals surface area contributed by atoms with Crippen LogP contribution in [0.5, 0.6) is 0 Å². The van der Waals surface area contributed by atoms with Crippen molar-refractivity contribution in [2.75, 3.05) is 11.5 Å². The molecule has 1 amide bonds. The molecule has 4 nitrogen and oxygen atoms in total. The molecule has 2 aliphatic rings. The van der Waals surface area contributed by atoms with Gasteiger partial charge in [-0.15, -0.1) is 0 Å². The fourth-order valence-electron chi connectivity index (χ4n) is 3.92. The number of cyclic esters (lactones) is 1. The Morgan fingerprint density at radius 3 is 2.30 bits per heavy atom. The maximum atomic E-state index is 13.1. The molecular formula is C21H17Cl2NO3. The van der Waals surface area contributed by atoms with Gasteiger partial charge in [-0.05, 0) is 54.8 Å². The molecule has 1 unspecified atom stereocenters. The van der Waals surface area contributed by atoms with Gasteiger partial charge in [0, 0.05) is 28.1 Å². The molecule has 0 saturated heterocycles. The van der Waals surface area contributed by atoms with Crippen molar-refractivity contribution in [3.05, 3.63) is 74.4 Å². The minimum Gasteiger partial charge on any atom is -0.456 e. The highest BCUT2D eigenvalue weighted by Crippen LogP contribution is 2.45. The molecule has 6 heteroatoms. The second kappa shape index (κ2) is 6.70. The number of benzene rings is 2. The van der Waals surface area contributed by atoms with E-state index < -0.39 is 11.9 Å². The van der Waals surface area contributed by atoms with Crippen LogP contribution in [0.25, 0.3) is 0 Å². The van der Waals surface area contributed by atoms with E-state index in [0.717, 1.165) is 16.8 Å². The van der Waals surface area contributed by atoms with Crippen molar-refractivity contribution in [2.24, 2.45) is 0 Å². The number of esters is 1. The second-order valence-electron chi connectivity index (χ2n) is 6.90. The van der Waals surface area contributed by atoms with Gasteiger partial charge < -0.3 is 4.74 Å². The Balaban J connectivity index is 1.89. The van der Waals surface area contributed by atoms with Gasteiger partial charge in [-0.1, -0.05) is 35.3 Å². The molecule has 0 fully saturated rings. The van der Waals surface area contributed by atoms with Crippen LogP contribution in [-0.4, -0.2) is 18.5 Å². The maximum Gasteiger partial charge on any atom is 0.336 e. The van der Waals surface area contributed by atoms with Crippen LogP contribution in [0.4, 0.5) is 5.69 Å². The van der Waals surface area contributed by atoms with Gasteiger partial charge in [0.1, 0.15) is 6.61 Å². The summed E-state index contributed by atoms with van der Waals surface area (Å²) in [5.74, 6) is -1.04. The van der Waals surface area contributed by atoms with Crippen molar-refractivity contribution in [2.45, 2.75) is 26.2 Å². The lowest BCUT2D eigenvalue weighted by Crippen LogP contribution is -2.37. The third-order valence-corrected chi connectivity index (χ3v) is 5.59. The lowest BCUT2D eigenvalue weighted by atomic mass is 9.84. The molecule has 2 heterocycles. The highest BCUT2D eigenvalue weighted by Gasteiger charge is 2.44. The topological polar surface area (TPSA) is 46.6 Å². The number of hydrogen-bond donors (Lipinski definition) is 0. The van der Waals surface area contributed by atoms with E-state index in [1.54, 1.807) is 23.1 Å². The van der Waals surface area contributed by atoms with E-state index in [0.29, 0.717) is 26.9 Å². The molecule has 2 aliphatic heterocycles. The maximum absolute atomic E-state index is 13.1. The van der Waals surface area contributed by atoms with Crippen LogP contribution < -0.4 is 4.90 Å². The normalized spacial score (nSPS) is 19.4. The molecule has 0 aromatic heterocycles.